The van der Waals surface area contributed by atoms with Crippen molar-refractivity contribution < 1.29 is 18.3 Å². The molecule has 0 aliphatic carbocycles. The minimum atomic E-state index is -3.60. The molecule has 8 heteroatoms. The van der Waals surface area contributed by atoms with Crippen molar-refractivity contribution >= 4 is 50.3 Å². The van der Waals surface area contributed by atoms with Gasteiger partial charge >= 0.3 is 5.97 Å². The van der Waals surface area contributed by atoms with Gasteiger partial charge in [0.1, 0.15) is 0 Å². The molecule has 0 unspecified atom stereocenters. The van der Waals surface area contributed by atoms with Crippen LogP contribution >= 0.6 is 34.4 Å². The molecule has 0 aromatic heterocycles. The summed E-state index contributed by atoms with van der Waals surface area (Å²) in [5.41, 5.74) is 0.0240. The average Bonchev–Trinajstić information content (AvgIpc) is 2.67. The van der Waals surface area contributed by atoms with E-state index in [-0.39, 0.29) is 10.5 Å². The summed E-state index contributed by atoms with van der Waals surface area (Å²) in [7, 11) is -3.60. The van der Waals surface area contributed by atoms with Gasteiger partial charge in [-0.25, -0.2) is 13.2 Å². The maximum absolute atomic E-state index is 12.5. The Balaban J connectivity index is 2.38. The van der Waals surface area contributed by atoms with E-state index >= 15 is 0 Å². The fourth-order valence-corrected chi connectivity index (χ4v) is 5.02. The van der Waals surface area contributed by atoms with E-state index in [2.05, 4.69) is 0 Å². The minimum Gasteiger partial charge on any atom is -0.478 e. The molecule has 0 radical (unpaired) electrons. The van der Waals surface area contributed by atoms with Crippen LogP contribution in [-0.2, 0) is 10.0 Å². The maximum atomic E-state index is 12.5. The highest BCUT2D eigenvalue weighted by Gasteiger charge is 2.26. The van der Waals surface area contributed by atoms with E-state index in [9.17, 15) is 13.2 Å². The molecule has 1 saturated heterocycles. The van der Waals surface area contributed by atoms with Crippen molar-refractivity contribution in [2.45, 2.75) is 11.3 Å². The molecule has 0 atom stereocenters. The van der Waals surface area contributed by atoms with Crippen molar-refractivity contribution in [1.82, 2.24) is 4.31 Å². The van der Waals surface area contributed by atoms with Crippen molar-refractivity contribution in [2.24, 2.45) is 0 Å². The Morgan fingerprint density at radius 3 is 2.75 bits per heavy atom. The Labute approximate surface area is 135 Å². The molecule has 1 N–H and O–H groups in total. The number of halogens is 1. The summed E-state index contributed by atoms with van der Waals surface area (Å²) >= 11 is 3.63. The minimum absolute atomic E-state index is 0.0240. The lowest BCUT2D eigenvalue weighted by Crippen LogP contribution is -2.33. The van der Waals surface area contributed by atoms with Gasteiger partial charge in [-0.3, -0.25) is 0 Å². The Morgan fingerprint density at radius 1 is 1.30 bits per heavy atom. The molecule has 0 amide bonds. The molecule has 1 fully saturated rings. The SMILES string of the molecule is O=C(O)c1cc(S(=O)(=O)N2CCCSCC2)ccc1I. The lowest BCUT2D eigenvalue weighted by Gasteiger charge is -2.20. The third-order valence-electron chi connectivity index (χ3n) is 2.99. The predicted octanol–water partition coefficient (Wildman–Crippen LogP) is 2.12. The van der Waals surface area contributed by atoms with Gasteiger partial charge in [0.15, 0.2) is 0 Å². The third-order valence-corrected chi connectivity index (χ3v) is 6.87. The summed E-state index contributed by atoms with van der Waals surface area (Å²) in [4.78, 5) is 11.2. The van der Waals surface area contributed by atoms with Crippen LogP contribution in [0, 0.1) is 3.57 Å². The normalized spacial score (nSPS) is 17.6. The van der Waals surface area contributed by atoms with Crippen LogP contribution in [0.5, 0.6) is 0 Å². The van der Waals surface area contributed by atoms with Gasteiger partial charge in [-0.1, -0.05) is 0 Å². The van der Waals surface area contributed by atoms with E-state index in [0.717, 1.165) is 17.9 Å². The first-order valence-electron chi connectivity index (χ1n) is 6.03. The zero-order valence-corrected chi connectivity index (χ0v) is 14.4. The molecule has 5 nitrogen and oxygen atoms in total. The van der Waals surface area contributed by atoms with Crippen LogP contribution < -0.4 is 0 Å². The van der Waals surface area contributed by atoms with E-state index in [1.165, 1.54) is 22.5 Å². The summed E-state index contributed by atoms with van der Waals surface area (Å²) in [6.07, 6.45) is 0.819. The molecular formula is C12H14INO4S2. The number of carboxylic acids is 1. The van der Waals surface area contributed by atoms with Crippen LogP contribution in [0.2, 0.25) is 0 Å². The highest BCUT2D eigenvalue weighted by atomic mass is 127. The molecule has 2 rings (SSSR count). The molecule has 0 saturated carbocycles. The summed E-state index contributed by atoms with van der Waals surface area (Å²) in [5.74, 6) is 0.618. The first-order valence-corrected chi connectivity index (χ1v) is 9.71. The topological polar surface area (TPSA) is 74.7 Å². The number of nitrogens with zero attached hydrogens (tertiary/aromatic N) is 1. The van der Waals surface area contributed by atoms with E-state index < -0.39 is 16.0 Å². The second-order valence-corrected chi connectivity index (χ2v) is 8.64. The number of benzene rings is 1. The third kappa shape index (κ3) is 3.46. The van der Waals surface area contributed by atoms with Gasteiger partial charge in [0.05, 0.1) is 10.5 Å². The van der Waals surface area contributed by atoms with Gasteiger partial charge < -0.3 is 5.11 Å². The van der Waals surface area contributed by atoms with Crippen molar-refractivity contribution in [1.29, 1.82) is 0 Å². The van der Waals surface area contributed by atoms with Crippen molar-refractivity contribution in [3.63, 3.8) is 0 Å². The number of hydrogen-bond donors (Lipinski definition) is 1. The summed E-state index contributed by atoms with van der Waals surface area (Å²) < 4.78 is 27.1. The molecule has 0 spiro atoms. The van der Waals surface area contributed by atoms with Crippen molar-refractivity contribution in [3.8, 4) is 0 Å². The van der Waals surface area contributed by atoms with E-state index in [4.69, 9.17) is 5.11 Å². The van der Waals surface area contributed by atoms with Crippen LogP contribution in [0.25, 0.3) is 0 Å². The first kappa shape index (κ1) is 16.1. The number of hydrogen-bond acceptors (Lipinski definition) is 4. The van der Waals surface area contributed by atoms with Crippen LogP contribution in [0.1, 0.15) is 16.8 Å². The zero-order valence-electron chi connectivity index (χ0n) is 10.6. The second-order valence-electron chi connectivity index (χ2n) is 4.32. The summed E-state index contributed by atoms with van der Waals surface area (Å²) in [6, 6.07) is 4.25. The van der Waals surface area contributed by atoms with Gasteiger partial charge in [0, 0.05) is 22.4 Å². The molecule has 1 aromatic carbocycles. The quantitative estimate of drug-likeness (QED) is 0.749. The molecule has 20 heavy (non-hydrogen) atoms. The van der Waals surface area contributed by atoms with Crippen LogP contribution in [-0.4, -0.2) is 48.4 Å². The maximum Gasteiger partial charge on any atom is 0.336 e. The highest BCUT2D eigenvalue weighted by molar-refractivity contribution is 14.1. The molecule has 110 valence electrons. The molecule has 1 aromatic rings. The van der Waals surface area contributed by atoms with Gasteiger partial charge in [0.25, 0.3) is 0 Å². The number of thioether (sulfide) groups is 1. The summed E-state index contributed by atoms with van der Waals surface area (Å²) in [5, 5.41) is 9.09. The number of rotatable bonds is 3. The number of carboxylic acid groups (broad SMARTS) is 1. The Kier molecular flexibility index (Phi) is 5.32. The van der Waals surface area contributed by atoms with Gasteiger partial charge in [-0.2, -0.15) is 16.1 Å². The fraction of sp³-hybridized carbons (Fsp3) is 0.417. The van der Waals surface area contributed by atoms with Crippen molar-refractivity contribution in [2.75, 3.05) is 24.6 Å². The van der Waals surface area contributed by atoms with E-state index in [1.807, 2.05) is 22.6 Å². The number of sulfonamides is 1. The Bertz CT molecular complexity index is 610. The molecule has 1 heterocycles. The zero-order chi connectivity index (χ0) is 14.8. The number of carbonyl (C=O) groups is 1. The Morgan fingerprint density at radius 2 is 2.05 bits per heavy atom. The largest absolute Gasteiger partial charge is 0.478 e. The van der Waals surface area contributed by atoms with Crippen LogP contribution in [0.4, 0.5) is 0 Å². The van der Waals surface area contributed by atoms with Gasteiger partial charge in [0.2, 0.25) is 10.0 Å². The smallest absolute Gasteiger partial charge is 0.336 e. The number of aromatic carboxylic acids is 1. The van der Waals surface area contributed by atoms with Crippen molar-refractivity contribution in [3.05, 3.63) is 27.3 Å². The van der Waals surface area contributed by atoms with Crippen LogP contribution in [0.15, 0.2) is 23.1 Å². The van der Waals surface area contributed by atoms with Gasteiger partial charge in [-0.05, 0) is 53.0 Å². The molecular weight excluding hydrogens is 413 g/mol. The lowest BCUT2D eigenvalue weighted by molar-refractivity contribution is 0.0695. The standard InChI is InChI=1S/C12H14INO4S2/c13-11-3-2-9(8-10(11)12(15)16)20(17,18)14-4-1-6-19-7-5-14/h2-3,8H,1,4-7H2,(H,15,16). The second kappa shape index (κ2) is 6.63. The van der Waals surface area contributed by atoms with E-state index in [1.54, 1.807) is 11.8 Å². The van der Waals surface area contributed by atoms with E-state index in [0.29, 0.717) is 16.7 Å². The lowest BCUT2D eigenvalue weighted by atomic mass is 10.2. The Hall–Kier alpha value is -0.320. The molecule has 1 aliphatic heterocycles. The predicted molar refractivity (Wildman–Crippen MR) is 86.8 cm³/mol. The monoisotopic (exact) mass is 427 g/mol. The van der Waals surface area contributed by atoms with Crippen LogP contribution in [0.3, 0.4) is 0 Å². The molecule has 0 bridgehead atoms. The fourth-order valence-electron chi connectivity index (χ4n) is 1.94. The highest BCUT2D eigenvalue weighted by Crippen LogP contribution is 2.23. The molecule has 1 aliphatic rings. The average molecular weight is 427 g/mol. The first-order chi connectivity index (χ1) is 9.43. The summed E-state index contributed by atoms with van der Waals surface area (Å²) in [6.45, 7) is 0.963. The van der Waals surface area contributed by atoms with Gasteiger partial charge in [-0.15, -0.1) is 0 Å².